The molecule has 0 aromatic heterocycles. The fourth-order valence-corrected chi connectivity index (χ4v) is 2.52. The van der Waals surface area contributed by atoms with Crippen molar-refractivity contribution in [3.05, 3.63) is 33.3 Å². The van der Waals surface area contributed by atoms with E-state index in [0.29, 0.717) is 16.5 Å². The minimum Gasteiger partial charge on any atom is -0.394 e. The van der Waals surface area contributed by atoms with Crippen molar-refractivity contribution in [2.24, 2.45) is 0 Å². The molecular formula is C12H14Cl2O3. The maximum atomic E-state index is 9.68. The van der Waals surface area contributed by atoms with E-state index in [4.69, 9.17) is 33.0 Å². The Labute approximate surface area is 110 Å². The van der Waals surface area contributed by atoms with Gasteiger partial charge in [-0.2, -0.15) is 0 Å². The van der Waals surface area contributed by atoms with Crippen LogP contribution in [0.4, 0.5) is 0 Å². The molecule has 3 atom stereocenters. The number of benzene rings is 1. The van der Waals surface area contributed by atoms with Gasteiger partial charge in [-0.15, -0.1) is 0 Å². The van der Waals surface area contributed by atoms with Crippen molar-refractivity contribution in [1.82, 2.24) is 0 Å². The summed E-state index contributed by atoms with van der Waals surface area (Å²) in [6, 6.07) is 3.54. The largest absolute Gasteiger partial charge is 0.394 e. The minimum absolute atomic E-state index is 0.193. The van der Waals surface area contributed by atoms with E-state index in [2.05, 4.69) is 0 Å². The summed E-state index contributed by atoms with van der Waals surface area (Å²) in [6.07, 6.45) is -1.04. The molecule has 1 heterocycles. The third-order valence-electron chi connectivity index (χ3n) is 3.03. The highest BCUT2D eigenvalue weighted by molar-refractivity contribution is 6.35. The monoisotopic (exact) mass is 276 g/mol. The second-order valence-corrected chi connectivity index (χ2v) is 5.09. The number of halogens is 2. The first-order chi connectivity index (χ1) is 8.02. The average Bonchev–Trinajstić information content (AvgIpc) is 2.65. The molecule has 2 rings (SSSR count). The summed E-state index contributed by atoms with van der Waals surface area (Å²) in [5, 5.41) is 19.8. The minimum atomic E-state index is -0.656. The van der Waals surface area contributed by atoms with Crippen LogP contribution in [0.5, 0.6) is 0 Å². The molecule has 1 aromatic carbocycles. The molecule has 0 radical (unpaired) electrons. The van der Waals surface area contributed by atoms with Gasteiger partial charge in [0.15, 0.2) is 0 Å². The highest BCUT2D eigenvalue weighted by Crippen LogP contribution is 2.38. The summed E-state index contributed by atoms with van der Waals surface area (Å²) >= 11 is 12.1. The SMILES string of the molecule is Cc1cc([C@H]2C[C@@H](O)[C@@H](CO)O2)c(Cl)cc1Cl. The molecule has 1 saturated heterocycles. The van der Waals surface area contributed by atoms with Crippen molar-refractivity contribution in [1.29, 1.82) is 0 Å². The van der Waals surface area contributed by atoms with Crippen LogP contribution in [-0.4, -0.2) is 29.0 Å². The van der Waals surface area contributed by atoms with Crippen LogP contribution in [0, 0.1) is 6.92 Å². The molecule has 0 amide bonds. The second-order valence-electron chi connectivity index (χ2n) is 4.27. The molecule has 1 aliphatic heterocycles. The average molecular weight is 277 g/mol. The van der Waals surface area contributed by atoms with Crippen molar-refractivity contribution >= 4 is 23.2 Å². The lowest BCUT2D eigenvalue weighted by Crippen LogP contribution is -2.24. The van der Waals surface area contributed by atoms with Crippen molar-refractivity contribution in [2.75, 3.05) is 6.61 Å². The van der Waals surface area contributed by atoms with Gasteiger partial charge >= 0.3 is 0 Å². The molecule has 1 aromatic rings. The smallest absolute Gasteiger partial charge is 0.107 e. The summed E-state index contributed by atoms with van der Waals surface area (Å²) in [5.41, 5.74) is 1.72. The van der Waals surface area contributed by atoms with Crippen LogP contribution in [0.2, 0.25) is 10.0 Å². The van der Waals surface area contributed by atoms with Gasteiger partial charge in [0.2, 0.25) is 0 Å². The Balaban J connectivity index is 2.27. The number of aliphatic hydroxyl groups excluding tert-OH is 2. The molecule has 5 heteroatoms. The van der Waals surface area contributed by atoms with Crippen LogP contribution in [-0.2, 0) is 4.74 Å². The van der Waals surface area contributed by atoms with Crippen LogP contribution in [0.1, 0.15) is 23.7 Å². The van der Waals surface area contributed by atoms with Gasteiger partial charge < -0.3 is 14.9 Å². The Kier molecular flexibility index (Phi) is 3.95. The lowest BCUT2D eigenvalue weighted by Gasteiger charge is -2.15. The van der Waals surface area contributed by atoms with Crippen LogP contribution < -0.4 is 0 Å². The molecule has 3 nitrogen and oxygen atoms in total. The maximum absolute atomic E-state index is 9.68. The van der Waals surface area contributed by atoms with E-state index in [1.165, 1.54) is 0 Å². The summed E-state index contributed by atoms with van der Waals surface area (Å²) in [7, 11) is 0. The molecule has 0 aliphatic carbocycles. The zero-order valence-corrected chi connectivity index (χ0v) is 10.9. The molecule has 1 aliphatic rings. The van der Waals surface area contributed by atoms with E-state index in [-0.39, 0.29) is 12.7 Å². The second kappa shape index (κ2) is 5.12. The fourth-order valence-electron chi connectivity index (χ4n) is 2.02. The Morgan fingerprint density at radius 3 is 2.65 bits per heavy atom. The van der Waals surface area contributed by atoms with Crippen molar-refractivity contribution in [3.63, 3.8) is 0 Å². The van der Waals surface area contributed by atoms with E-state index in [1.807, 2.05) is 13.0 Å². The standard InChI is InChI=1S/C12H14Cl2O3/c1-6-2-7(9(14)3-8(6)13)11-4-10(16)12(5-15)17-11/h2-3,10-12,15-16H,4-5H2,1H3/t10-,11-,12-/m1/s1. The zero-order chi connectivity index (χ0) is 12.6. The Morgan fingerprint density at radius 2 is 2.06 bits per heavy atom. The first-order valence-electron chi connectivity index (χ1n) is 5.43. The van der Waals surface area contributed by atoms with Gasteiger partial charge in [-0.25, -0.2) is 0 Å². The van der Waals surface area contributed by atoms with E-state index in [9.17, 15) is 5.11 Å². The highest BCUT2D eigenvalue weighted by atomic mass is 35.5. The summed E-state index contributed by atoms with van der Waals surface area (Å²) < 4.78 is 5.56. The molecular weight excluding hydrogens is 263 g/mol. The van der Waals surface area contributed by atoms with Crippen LogP contribution in [0.3, 0.4) is 0 Å². The predicted octanol–water partition coefficient (Wildman–Crippen LogP) is 2.49. The van der Waals surface area contributed by atoms with Crippen molar-refractivity contribution < 1.29 is 14.9 Å². The van der Waals surface area contributed by atoms with Gasteiger partial charge in [0.05, 0.1) is 18.8 Å². The third-order valence-corrected chi connectivity index (χ3v) is 3.76. The van der Waals surface area contributed by atoms with Gasteiger partial charge in [-0.05, 0) is 24.1 Å². The summed E-state index contributed by atoms with van der Waals surface area (Å²) in [6.45, 7) is 1.69. The van der Waals surface area contributed by atoms with E-state index < -0.39 is 12.2 Å². The van der Waals surface area contributed by atoms with E-state index in [0.717, 1.165) is 11.1 Å². The number of aryl methyl sites for hydroxylation is 1. The van der Waals surface area contributed by atoms with Crippen molar-refractivity contribution in [2.45, 2.75) is 31.7 Å². The molecule has 0 unspecified atom stereocenters. The molecule has 2 N–H and O–H groups in total. The molecule has 0 spiro atoms. The van der Waals surface area contributed by atoms with E-state index in [1.54, 1.807) is 6.07 Å². The highest BCUT2D eigenvalue weighted by Gasteiger charge is 2.35. The quantitative estimate of drug-likeness (QED) is 0.873. The Bertz CT molecular complexity index is 422. The zero-order valence-electron chi connectivity index (χ0n) is 9.36. The summed E-state index contributed by atoms with van der Waals surface area (Å²) in [4.78, 5) is 0. The van der Waals surface area contributed by atoms with Gasteiger partial charge in [0.1, 0.15) is 6.10 Å². The van der Waals surface area contributed by atoms with E-state index >= 15 is 0 Å². The number of rotatable bonds is 2. The lowest BCUT2D eigenvalue weighted by atomic mass is 10.0. The van der Waals surface area contributed by atoms with Gasteiger partial charge in [-0.3, -0.25) is 0 Å². The third kappa shape index (κ3) is 2.59. The first-order valence-corrected chi connectivity index (χ1v) is 6.18. The normalized spacial score (nSPS) is 28.6. The first kappa shape index (κ1) is 13.1. The number of hydrogen-bond donors (Lipinski definition) is 2. The molecule has 0 saturated carbocycles. The van der Waals surface area contributed by atoms with Gasteiger partial charge in [0.25, 0.3) is 0 Å². The topological polar surface area (TPSA) is 49.7 Å². The number of hydrogen-bond acceptors (Lipinski definition) is 3. The van der Waals surface area contributed by atoms with Gasteiger partial charge in [0, 0.05) is 16.5 Å². The van der Waals surface area contributed by atoms with Crippen molar-refractivity contribution in [3.8, 4) is 0 Å². The van der Waals surface area contributed by atoms with Crippen LogP contribution >= 0.6 is 23.2 Å². The number of ether oxygens (including phenoxy) is 1. The maximum Gasteiger partial charge on any atom is 0.107 e. The van der Waals surface area contributed by atoms with Crippen LogP contribution in [0.15, 0.2) is 12.1 Å². The lowest BCUT2D eigenvalue weighted by molar-refractivity contribution is -0.0225. The predicted molar refractivity (Wildman–Crippen MR) is 66.5 cm³/mol. The fraction of sp³-hybridized carbons (Fsp3) is 0.500. The van der Waals surface area contributed by atoms with Crippen LogP contribution in [0.25, 0.3) is 0 Å². The molecule has 0 bridgehead atoms. The molecule has 17 heavy (non-hydrogen) atoms. The Hall–Kier alpha value is -0.320. The molecule has 94 valence electrons. The molecule has 1 fully saturated rings. The summed E-state index contributed by atoms with van der Waals surface area (Å²) in [5.74, 6) is 0. The number of aliphatic hydroxyl groups is 2. The van der Waals surface area contributed by atoms with Gasteiger partial charge in [-0.1, -0.05) is 29.3 Å². The Morgan fingerprint density at radius 1 is 1.35 bits per heavy atom.